The molecule has 0 atom stereocenters. The number of aryl methyl sites for hydroxylation is 3. The zero-order valence-electron chi connectivity index (χ0n) is 13.4. The monoisotopic (exact) mass is 429 g/mol. The molecular formula is C17H20INO4. The van der Waals surface area contributed by atoms with Gasteiger partial charge in [0.05, 0.1) is 19.8 Å². The minimum absolute atomic E-state index is 0.0489. The Morgan fingerprint density at radius 3 is 2.43 bits per heavy atom. The number of aliphatic hydroxyl groups is 1. The summed E-state index contributed by atoms with van der Waals surface area (Å²) in [5.41, 5.74) is 3.48. The fourth-order valence-corrected chi connectivity index (χ4v) is 2.91. The van der Waals surface area contributed by atoms with Crippen molar-refractivity contribution >= 4 is 22.6 Å². The predicted octanol–water partition coefficient (Wildman–Crippen LogP) is 3.21. The van der Waals surface area contributed by atoms with Crippen molar-refractivity contribution in [2.24, 2.45) is 0 Å². The van der Waals surface area contributed by atoms with E-state index in [1.807, 2.05) is 55.5 Å². The van der Waals surface area contributed by atoms with Gasteiger partial charge in [-0.3, -0.25) is 4.79 Å². The van der Waals surface area contributed by atoms with E-state index in [0.717, 1.165) is 16.7 Å². The molecule has 6 heteroatoms. The third kappa shape index (κ3) is 4.55. The molecule has 0 fully saturated rings. The second-order valence-corrected chi connectivity index (χ2v) is 6.48. The predicted molar refractivity (Wildman–Crippen MR) is 97.2 cm³/mol. The number of halogens is 1. The molecule has 2 rings (SSSR count). The molecule has 1 aromatic heterocycles. The maximum atomic E-state index is 12.0. The van der Waals surface area contributed by atoms with E-state index in [-0.39, 0.29) is 25.4 Å². The molecular weight excluding hydrogens is 409 g/mol. The number of H-pyrrole nitrogens is 1. The molecule has 2 N–H and O–H groups in total. The smallest absolute Gasteiger partial charge is 0.265 e. The van der Waals surface area contributed by atoms with Gasteiger partial charge in [-0.15, -0.1) is 0 Å². The van der Waals surface area contributed by atoms with E-state index in [9.17, 15) is 4.79 Å². The second kappa shape index (κ2) is 7.94. The first kappa shape index (κ1) is 18.0. The maximum absolute atomic E-state index is 12.0. The number of nitrogens with one attached hydrogen (secondary N) is 1. The van der Waals surface area contributed by atoms with Crippen LogP contribution >= 0.6 is 22.6 Å². The number of aliphatic hydroxyl groups excluding tert-OH is 1. The fraction of sp³-hybridized carbons (Fsp3) is 0.353. The fourth-order valence-electron chi connectivity index (χ4n) is 2.34. The maximum Gasteiger partial charge on any atom is 0.265 e. The van der Waals surface area contributed by atoms with Crippen molar-refractivity contribution in [3.05, 3.63) is 54.5 Å². The molecule has 5 nitrogen and oxygen atoms in total. The number of ether oxygens (including phenoxy) is 2. The van der Waals surface area contributed by atoms with Crippen molar-refractivity contribution in [2.75, 3.05) is 13.2 Å². The van der Waals surface area contributed by atoms with Crippen LogP contribution in [-0.4, -0.2) is 23.3 Å². The van der Waals surface area contributed by atoms with Gasteiger partial charge in [0.15, 0.2) is 5.75 Å². The van der Waals surface area contributed by atoms with Crippen molar-refractivity contribution in [1.82, 2.24) is 4.98 Å². The number of benzene rings is 1. The highest BCUT2D eigenvalue weighted by atomic mass is 127. The minimum Gasteiger partial charge on any atom is -0.456 e. The third-order valence-corrected chi connectivity index (χ3v) is 4.30. The van der Waals surface area contributed by atoms with Crippen LogP contribution in [0.25, 0.3) is 0 Å². The first-order valence-electron chi connectivity index (χ1n) is 7.28. The summed E-state index contributed by atoms with van der Waals surface area (Å²) in [7, 11) is 0. The Morgan fingerprint density at radius 2 is 1.83 bits per heavy atom. The van der Waals surface area contributed by atoms with Gasteiger partial charge in [0.25, 0.3) is 5.56 Å². The molecule has 0 bridgehead atoms. The SMILES string of the molecule is Cc1cc(C)cc(Oc2c(COCCO)c(C)[nH]c(=O)c2I)c1. The third-order valence-electron chi connectivity index (χ3n) is 3.32. The van der Waals surface area contributed by atoms with Crippen molar-refractivity contribution in [1.29, 1.82) is 0 Å². The van der Waals surface area contributed by atoms with Crippen molar-refractivity contribution in [3.8, 4) is 11.5 Å². The molecule has 1 aromatic carbocycles. The Hall–Kier alpha value is -1.38. The molecule has 0 aliphatic carbocycles. The van der Waals surface area contributed by atoms with Gasteiger partial charge in [0.2, 0.25) is 0 Å². The van der Waals surface area contributed by atoms with E-state index in [0.29, 0.717) is 20.8 Å². The summed E-state index contributed by atoms with van der Waals surface area (Å²) < 4.78 is 11.9. The summed E-state index contributed by atoms with van der Waals surface area (Å²) in [4.78, 5) is 14.8. The summed E-state index contributed by atoms with van der Waals surface area (Å²) >= 11 is 1.98. The zero-order valence-corrected chi connectivity index (χ0v) is 15.6. The van der Waals surface area contributed by atoms with Crippen molar-refractivity contribution < 1.29 is 14.6 Å². The summed E-state index contributed by atoms with van der Waals surface area (Å²) in [5, 5.41) is 8.86. The van der Waals surface area contributed by atoms with Gasteiger partial charge in [0.1, 0.15) is 9.32 Å². The Kier molecular flexibility index (Phi) is 6.20. The molecule has 0 unspecified atom stereocenters. The molecule has 0 radical (unpaired) electrons. The lowest BCUT2D eigenvalue weighted by Gasteiger charge is -2.16. The summed E-state index contributed by atoms with van der Waals surface area (Å²) in [5.74, 6) is 1.20. The summed E-state index contributed by atoms with van der Waals surface area (Å²) in [6.45, 7) is 6.26. The molecule has 0 aliphatic heterocycles. The number of aromatic amines is 1. The Bertz CT molecular complexity index is 735. The molecule has 0 aliphatic rings. The van der Waals surface area contributed by atoms with Gasteiger partial charge >= 0.3 is 0 Å². The zero-order chi connectivity index (χ0) is 17.0. The van der Waals surface area contributed by atoms with Gasteiger partial charge in [-0.1, -0.05) is 6.07 Å². The average Bonchev–Trinajstić information content (AvgIpc) is 2.46. The molecule has 1 heterocycles. The number of pyridine rings is 1. The highest BCUT2D eigenvalue weighted by molar-refractivity contribution is 14.1. The second-order valence-electron chi connectivity index (χ2n) is 5.40. The van der Waals surface area contributed by atoms with Crippen LogP contribution in [0.3, 0.4) is 0 Å². The normalized spacial score (nSPS) is 10.8. The highest BCUT2D eigenvalue weighted by Gasteiger charge is 2.17. The Morgan fingerprint density at radius 1 is 1.17 bits per heavy atom. The molecule has 0 amide bonds. The van der Waals surface area contributed by atoms with E-state index >= 15 is 0 Å². The number of aromatic nitrogens is 1. The van der Waals surface area contributed by atoms with Crippen molar-refractivity contribution in [2.45, 2.75) is 27.4 Å². The van der Waals surface area contributed by atoms with Crippen LogP contribution in [0.2, 0.25) is 0 Å². The van der Waals surface area contributed by atoms with Gasteiger partial charge in [-0.25, -0.2) is 0 Å². The standard InChI is InChI=1S/C17H20INO4/c1-10-6-11(2)8-13(7-10)23-16-14(9-22-5-4-20)12(3)19-17(21)15(16)18/h6-8,20H,4-5,9H2,1-3H3,(H,19,21). The van der Waals surface area contributed by atoms with Crippen LogP contribution in [-0.2, 0) is 11.3 Å². The minimum atomic E-state index is -0.187. The Labute approximate surface area is 148 Å². The van der Waals surface area contributed by atoms with E-state index in [2.05, 4.69) is 11.1 Å². The summed E-state index contributed by atoms with van der Waals surface area (Å²) in [6.07, 6.45) is 0. The lowest BCUT2D eigenvalue weighted by Crippen LogP contribution is -2.16. The van der Waals surface area contributed by atoms with E-state index < -0.39 is 0 Å². The average molecular weight is 429 g/mol. The van der Waals surface area contributed by atoms with Gasteiger partial charge in [-0.05, 0) is 66.6 Å². The van der Waals surface area contributed by atoms with Crippen LogP contribution in [0, 0.1) is 24.3 Å². The quantitative estimate of drug-likeness (QED) is 0.547. The Balaban J connectivity index is 2.44. The van der Waals surface area contributed by atoms with Crippen LogP contribution in [0.15, 0.2) is 23.0 Å². The van der Waals surface area contributed by atoms with Gasteiger partial charge in [0, 0.05) is 11.3 Å². The van der Waals surface area contributed by atoms with E-state index in [1.165, 1.54) is 0 Å². The number of hydrogen-bond acceptors (Lipinski definition) is 4. The van der Waals surface area contributed by atoms with Crippen LogP contribution in [0.5, 0.6) is 11.5 Å². The number of rotatable bonds is 6. The summed E-state index contributed by atoms with van der Waals surface area (Å²) in [6, 6.07) is 5.92. The highest BCUT2D eigenvalue weighted by Crippen LogP contribution is 2.31. The van der Waals surface area contributed by atoms with Crippen LogP contribution in [0.1, 0.15) is 22.4 Å². The number of hydrogen-bond donors (Lipinski definition) is 2. The lowest BCUT2D eigenvalue weighted by atomic mass is 10.1. The molecule has 0 saturated heterocycles. The largest absolute Gasteiger partial charge is 0.456 e. The van der Waals surface area contributed by atoms with E-state index in [1.54, 1.807) is 0 Å². The lowest BCUT2D eigenvalue weighted by molar-refractivity contribution is 0.0800. The molecule has 0 saturated carbocycles. The van der Waals surface area contributed by atoms with Gasteiger partial charge < -0.3 is 19.6 Å². The molecule has 23 heavy (non-hydrogen) atoms. The topological polar surface area (TPSA) is 71.5 Å². The molecule has 124 valence electrons. The first-order valence-corrected chi connectivity index (χ1v) is 8.36. The van der Waals surface area contributed by atoms with Crippen LogP contribution in [0.4, 0.5) is 0 Å². The molecule has 2 aromatic rings. The first-order chi connectivity index (χ1) is 10.9. The van der Waals surface area contributed by atoms with E-state index in [4.69, 9.17) is 14.6 Å². The molecule has 0 spiro atoms. The van der Waals surface area contributed by atoms with Gasteiger partial charge in [-0.2, -0.15) is 0 Å². The van der Waals surface area contributed by atoms with Crippen molar-refractivity contribution in [3.63, 3.8) is 0 Å². The van der Waals surface area contributed by atoms with Crippen LogP contribution < -0.4 is 10.3 Å².